The van der Waals surface area contributed by atoms with Crippen LogP contribution in [0.4, 0.5) is 5.95 Å². The quantitative estimate of drug-likeness (QED) is 0.825. The van der Waals surface area contributed by atoms with Crippen LogP contribution in [0, 0.1) is 5.41 Å². The number of anilines is 1. The van der Waals surface area contributed by atoms with Crippen LogP contribution in [0.15, 0.2) is 36.7 Å². The molecule has 29 heavy (non-hydrogen) atoms. The summed E-state index contributed by atoms with van der Waals surface area (Å²) in [4.78, 5) is 23.7. The Labute approximate surface area is 175 Å². The molecule has 5 rings (SSSR count). The topological polar surface area (TPSA) is 67.4 Å². The molecular formula is C22H25ClN4O2. The first kappa shape index (κ1) is 18.8. The molecule has 1 N–H and O–H groups in total. The number of likely N-dealkylation sites (tertiary alicyclic amines) is 1. The number of ether oxygens (including phenoxy) is 1. The average Bonchev–Trinajstić information content (AvgIpc) is 3.42. The number of rotatable bonds is 4. The average molecular weight is 413 g/mol. The van der Waals surface area contributed by atoms with Gasteiger partial charge < -0.3 is 15.0 Å². The van der Waals surface area contributed by atoms with Crippen LogP contribution in [0.1, 0.15) is 48.0 Å². The van der Waals surface area contributed by atoms with E-state index in [2.05, 4.69) is 15.3 Å². The van der Waals surface area contributed by atoms with Crippen molar-refractivity contribution in [1.29, 1.82) is 0 Å². The normalized spacial score (nSPS) is 21.9. The van der Waals surface area contributed by atoms with Crippen molar-refractivity contribution >= 4 is 23.5 Å². The summed E-state index contributed by atoms with van der Waals surface area (Å²) in [6.45, 7) is 3.23. The smallest absolute Gasteiger partial charge is 0.257 e. The molecule has 1 amide bonds. The Morgan fingerprint density at radius 3 is 2.38 bits per heavy atom. The van der Waals surface area contributed by atoms with Gasteiger partial charge in [-0.1, -0.05) is 23.7 Å². The van der Waals surface area contributed by atoms with Crippen molar-refractivity contribution in [2.75, 3.05) is 31.6 Å². The lowest BCUT2D eigenvalue weighted by Gasteiger charge is -2.33. The van der Waals surface area contributed by atoms with Gasteiger partial charge in [-0.25, -0.2) is 9.97 Å². The SMILES string of the molecule is O=C(c1cnc(NC2(c3ccc(Cl)cc3)CC2)nc1)N1CCC2(CCOCC2)C1. The van der Waals surface area contributed by atoms with Gasteiger partial charge in [0, 0.05) is 43.7 Å². The van der Waals surface area contributed by atoms with Gasteiger partial charge in [0.2, 0.25) is 5.95 Å². The summed E-state index contributed by atoms with van der Waals surface area (Å²) in [6.07, 6.45) is 8.49. The fraction of sp³-hybridized carbons (Fsp3) is 0.500. The minimum Gasteiger partial charge on any atom is -0.381 e. The zero-order chi connectivity index (χ0) is 19.9. The number of amides is 1. The Balaban J connectivity index is 1.25. The van der Waals surface area contributed by atoms with Gasteiger partial charge in [0.1, 0.15) is 0 Å². The molecule has 6 nitrogen and oxygen atoms in total. The molecule has 1 spiro atoms. The second-order valence-corrected chi connectivity index (χ2v) is 9.03. The number of nitrogens with one attached hydrogen (secondary N) is 1. The van der Waals surface area contributed by atoms with Gasteiger partial charge in [-0.3, -0.25) is 4.79 Å². The van der Waals surface area contributed by atoms with E-state index in [0.29, 0.717) is 11.5 Å². The van der Waals surface area contributed by atoms with Gasteiger partial charge in [-0.2, -0.15) is 0 Å². The molecule has 2 aromatic rings. The van der Waals surface area contributed by atoms with E-state index in [-0.39, 0.29) is 16.9 Å². The van der Waals surface area contributed by atoms with E-state index in [4.69, 9.17) is 16.3 Å². The summed E-state index contributed by atoms with van der Waals surface area (Å²) in [7, 11) is 0. The molecule has 152 valence electrons. The molecule has 2 aliphatic heterocycles. The van der Waals surface area contributed by atoms with Crippen LogP contribution in [0.25, 0.3) is 0 Å². The summed E-state index contributed by atoms with van der Waals surface area (Å²) in [6, 6.07) is 7.89. The maximum atomic E-state index is 12.9. The maximum absolute atomic E-state index is 12.9. The first-order chi connectivity index (χ1) is 14.1. The Kier molecular flexibility index (Phi) is 4.71. The van der Waals surface area contributed by atoms with Crippen LogP contribution in [-0.2, 0) is 10.3 Å². The first-order valence-corrected chi connectivity index (χ1v) is 10.7. The van der Waals surface area contributed by atoms with E-state index in [1.807, 2.05) is 29.2 Å². The lowest BCUT2D eigenvalue weighted by molar-refractivity contribution is 0.0191. The van der Waals surface area contributed by atoms with Crippen LogP contribution >= 0.6 is 11.6 Å². The maximum Gasteiger partial charge on any atom is 0.257 e. The van der Waals surface area contributed by atoms with Gasteiger partial charge >= 0.3 is 0 Å². The van der Waals surface area contributed by atoms with Gasteiger partial charge in [0.25, 0.3) is 5.91 Å². The predicted molar refractivity (Wildman–Crippen MR) is 111 cm³/mol. The van der Waals surface area contributed by atoms with Crippen molar-refractivity contribution in [3.05, 3.63) is 52.8 Å². The summed E-state index contributed by atoms with van der Waals surface area (Å²) < 4.78 is 5.50. The highest BCUT2D eigenvalue weighted by molar-refractivity contribution is 6.30. The molecule has 1 aromatic carbocycles. The molecule has 3 fully saturated rings. The van der Waals surface area contributed by atoms with Crippen molar-refractivity contribution in [1.82, 2.24) is 14.9 Å². The lowest BCUT2D eigenvalue weighted by atomic mass is 9.80. The van der Waals surface area contributed by atoms with E-state index in [1.165, 1.54) is 5.56 Å². The molecule has 2 saturated heterocycles. The fourth-order valence-electron chi connectivity index (χ4n) is 4.60. The Morgan fingerprint density at radius 2 is 1.72 bits per heavy atom. The zero-order valence-corrected chi connectivity index (χ0v) is 17.1. The molecular weight excluding hydrogens is 388 g/mol. The van der Waals surface area contributed by atoms with E-state index < -0.39 is 0 Å². The molecule has 0 unspecified atom stereocenters. The van der Waals surface area contributed by atoms with Crippen LogP contribution in [0.2, 0.25) is 5.02 Å². The Bertz CT molecular complexity index is 890. The largest absolute Gasteiger partial charge is 0.381 e. The minimum atomic E-state index is -0.125. The Hall–Kier alpha value is -2.18. The van der Waals surface area contributed by atoms with Crippen LogP contribution < -0.4 is 5.32 Å². The van der Waals surface area contributed by atoms with Crippen molar-refractivity contribution in [2.45, 2.75) is 37.6 Å². The van der Waals surface area contributed by atoms with Gasteiger partial charge in [-0.15, -0.1) is 0 Å². The van der Waals surface area contributed by atoms with E-state index in [9.17, 15) is 4.79 Å². The van der Waals surface area contributed by atoms with Gasteiger partial charge in [0.05, 0.1) is 11.1 Å². The number of aromatic nitrogens is 2. The minimum absolute atomic E-state index is 0.0266. The van der Waals surface area contributed by atoms with Crippen LogP contribution in [0.3, 0.4) is 0 Å². The van der Waals surface area contributed by atoms with Crippen molar-refractivity contribution in [3.8, 4) is 0 Å². The zero-order valence-electron chi connectivity index (χ0n) is 16.4. The molecule has 1 aliphatic carbocycles. The summed E-state index contributed by atoms with van der Waals surface area (Å²) in [5.41, 5.74) is 1.86. The molecule has 1 saturated carbocycles. The number of carbonyl (C=O) groups excluding carboxylic acids is 1. The van der Waals surface area contributed by atoms with E-state index in [1.54, 1.807) is 12.4 Å². The van der Waals surface area contributed by atoms with Crippen LogP contribution in [-0.4, -0.2) is 47.1 Å². The molecule has 0 radical (unpaired) electrons. The third-order valence-corrected chi connectivity index (χ3v) is 6.93. The second-order valence-electron chi connectivity index (χ2n) is 8.60. The molecule has 3 heterocycles. The van der Waals surface area contributed by atoms with E-state index >= 15 is 0 Å². The highest BCUT2D eigenvalue weighted by atomic mass is 35.5. The first-order valence-electron chi connectivity index (χ1n) is 10.3. The molecule has 0 bridgehead atoms. The number of hydrogen-bond acceptors (Lipinski definition) is 5. The molecule has 3 aliphatic rings. The third kappa shape index (κ3) is 3.71. The molecule has 7 heteroatoms. The van der Waals surface area contributed by atoms with E-state index in [0.717, 1.165) is 63.4 Å². The lowest BCUT2D eigenvalue weighted by Crippen LogP contribution is -2.35. The fourth-order valence-corrected chi connectivity index (χ4v) is 4.73. The van der Waals surface area contributed by atoms with Crippen molar-refractivity contribution in [2.24, 2.45) is 5.41 Å². The number of halogens is 1. The number of carbonyl (C=O) groups is 1. The summed E-state index contributed by atoms with van der Waals surface area (Å²) in [5.74, 6) is 0.579. The Morgan fingerprint density at radius 1 is 1.03 bits per heavy atom. The standard InChI is InChI=1S/C22H25ClN4O2/c23-18-3-1-17(2-4-18)22(5-6-22)26-20-24-13-16(14-25-20)19(28)27-10-7-21(15-27)8-11-29-12-9-21/h1-4,13-14H,5-12,15H2,(H,24,25,26). The highest BCUT2D eigenvalue weighted by Crippen LogP contribution is 2.48. The molecule has 1 aromatic heterocycles. The van der Waals surface area contributed by atoms with Crippen LogP contribution in [0.5, 0.6) is 0 Å². The molecule has 0 atom stereocenters. The predicted octanol–water partition coefficient (Wildman–Crippen LogP) is 3.87. The third-order valence-electron chi connectivity index (χ3n) is 6.68. The summed E-state index contributed by atoms with van der Waals surface area (Å²) in [5, 5.41) is 4.17. The highest BCUT2D eigenvalue weighted by Gasteiger charge is 2.45. The number of hydrogen-bond donors (Lipinski definition) is 1. The monoisotopic (exact) mass is 412 g/mol. The summed E-state index contributed by atoms with van der Waals surface area (Å²) >= 11 is 6.00. The van der Waals surface area contributed by atoms with Gasteiger partial charge in [0.15, 0.2) is 0 Å². The second kappa shape index (κ2) is 7.26. The van der Waals surface area contributed by atoms with Crippen molar-refractivity contribution < 1.29 is 9.53 Å². The van der Waals surface area contributed by atoms with Gasteiger partial charge in [-0.05, 0) is 55.2 Å². The van der Waals surface area contributed by atoms with Crippen molar-refractivity contribution in [3.63, 3.8) is 0 Å². The number of benzene rings is 1. The number of nitrogens with zero attached hydrogens (tertiary/aromatic N) is 3.